The Bertz CT molecular complexity index is 491. The van der Waals surface area contributed by atoms with E-state index < -0.39 is 11.9 Å². The molecule has 18 heavy (non-hydrogen) atoms. The largest absolute Gasteiger partial charge is 0.481 e. The summed E-state index contributed by atoms with van der Waals surface area (Å²) in [5, 5.41) is 9.13. The molecule has 1 aliphatic carbocycles. The van der Waals surface area contributed by atoms with Gasteiger partial charge in [-0.05, 0) is 43.9 Å². The fourth-order valence-corrected chi connectivity index (χ4v) is 2.68. The van der Waals surface area contributed by atoms with Gasteiger partial charge < -0.3 is 5.11 Å². The molecule has 2 rings (SSSR count). The molecule has 96 valence electrons. The van der Waals surface area contributed by atoms with Crippen molar-refractivity contribution >= 4 is 11.8 Å². The molecule has 0 aromatic heterocycles. The van der Waals surface area contributed by atoms with Gasteiger partial charge >= 0.3 is 5.97 Å². The van der Waals surface area contributed by atoms with Gasteiger partial charge in [0, 0.05) is 11.5 Å². The summed E-state index contributed by atoms with van der Waals surface area (Å²) in [6.07, 6.45) is 2.15. The highest BCUT2D eigenvalue weighted by Gasteiger charge is 2.37. The first-order valence-corrected chi connectivity index (χ1v) is 6.35. The number of carbonyl (C=O) groups excluding carboxylic acids is 1. The molecule has 0 amide bonds. The topological polar surface area (TPSA) is 54.4 Å². The summed E-state index contributed by atoms with van der Waals surface area (Å²) in [7, 11) is 0. The first kappa shape index (κ1) is 12.8. The molecule has 0 heterocycles. The van der Waals surface area contributed by atoms with Crippen molar-refractivity contribution in [2.75, 3.05) is 0 Å². The lowest BCUT2D eigenvalue weighted by atomic mass is 9.87. The third-order valence-electron chi connectivity index (χ3n) is 3.96. The van der Waals surface area contributed by atoms with Crippen LogP contribution in [0.1, 0.15) is 40.7 Å². The Labute approximate surface area is 107 Å². The van der Waals surface area contributed by atoms with Crippen molar-refractivity contribution in [3.8, 4) is 0 Å². The van der Waals surface area contributed by atoms with E-state index in [0.717, 1.165) is 17.5 Å². The van der Waals surface area contributed by atoms with Crippen molar-refractivity contribution < 1.29 is 14.7 Å². The van der Waals surface area contributed by atoms with Crippen molar-refractivity contribution in [1.82, 2.24) is 0 Å². The molecular formula is C15H18O3. The molecule has 0 spiro atoms. The molecule has 2 atom stereocenters. The average Bonchev–Trinajstić information content (AvgIpc) is 2.81. The fraction of sp³-hybridized carbons (Fsp3) is 0.467. The number of benzene rings is 1. The Morgan fingerprint density at radius 1 is 1.11 bits per heavy atom. The van der Waals surface area contributed by atoms with Gasteiger partial charge in [-0.15, -0.1) is 0 Å². The Morgan fingerprint density at radius 2 is 1.78 bits per heavy atom. The van der Waals surface area contributed by atoms with Gasteiger partial charge in [-0.1, -0.05) is 18.6 Å². The van der Waals surface area contributed by atoms with E-state index in [0.29, 0.717) is 18.4 Å². The quantitative estimate of drug-likeness (QED) is 0.834. The van der Waals surface area contributed by atoms with E-state index in [2.05, 4.69) is 0 Å². The van der Waals surface area contributed by atoms with Gasteiger partial charge in [0.05, 0.1) is 5.92 Å². The molecule has 1 saturated carbocycles. The summed E-state index contributed by atoms with van der Waals surface area (Å²) in [5.74, 6) is -1.69. The minimum atomic E-state index is -0.838. The van der Waals surface area contributed by atoms with Crippen LogP contribution in [0, 0.1) is 25.7 Å². The van der Waals surface area contributed by atoms with Gasteiger partial charge in [-0.25, -0.2) is 0 Å². The normalized spacial score (nSPS) is 23.0. The number of ketones is 1. The van der Waals surface area contributed by atoms with Crippen molar-refractivity contribution in [3.05, 3.63) is 34.9 Å². The fourth-order valence-electron chi connectivity index (χ4n) is 2.68. The molecule has 0 unspecified atom stereocenters. The van der Waals surface area contributed by atoms with Gasteiger partial charge in [0.15, 0.2) is 5.78 Å². The highest BCUT2D eigenvalue weighted by Crippen LogP contribution is 2.34. The number of aryl methyl sites for hydroxylation is 2. The molecule has 1 fully saturated rings. The highest BCUT2D eigenvalue weighted by molar-refractivity contribution is 6.00. The lowest BCUT2D eigenvalue weighted by molar-refractivity contribution is -0.142. The first-order chi connectivity index (χ1) is 8.50. The second-order valence-corrected chi connectivity index (χ2v) is 5.15. The van der Waals surface area contributed by atoms with Gasteiger partial charge in [-0.3, -0.25) is 9.59 Å². The molecule has 0 saturated heterocycles. The number of hydrogen-bond acceptors (Lipinski definition) is 2. The van der Waals surface area contributed by atoms with Crippen LogP contribution >= 0.6 is 0 Å². The number of carbonyl (C=O) groups is 2. The van der Waals surface area contributed by atoms with Crippen LogP contribution in [0.2, 0.25) is 0 Å². The summed E-state index contributed by atoms with van der Waals surface area (Å²) >= 11 is 0. The maximum absolute atomic E-state index is 12.4. The maximum atomic E-state index is 12.4. The van der Waals surface area contributed by atoms with Crippen LogP contribution in [-0.4, -0.2) is 16.9 Å². The smallest absolute Gasteiger partial charge is 0.307 e. The zero-order valence-corrected chi connectivity index (χ0v) is 10.8. The highest BCUT2D eigenvalue weighted by atomic mass is 16.4. The van der Waals surface area contributed by atoms with Crippen LogP contribution in [0.3, 0.4) is 0 Å². The van der Waals surface area contributed by atoms with E-state index in [1.54, 1.807) is 0 Å². The average molecular weight is 246 g/mol. The Hall–Kier alpha value is -1.64. The number of aliphatic carboxylic acids is 1. The van der Waals surface area contributed by atoms with Gasteiger partial charge in [-0.2, -0.15) is 0 Å². The zero-order valence-electron chi connectivity index (χ0n) is 10.8. The lowest BCUT2D eigenvalue weighted by Crippen LogP contribution is -2.25. The van der Waals surface area contributed by atoms with E-state index in [9.17, 15) is 9.59 Å². The maximum Gasteiger partial charge on any atom is 0.307 e. The summed E-state index contributed by atoms with van der Waals surface area (Å²) < 4.78 is 0. The minimum Gasteiger partial charge on any atom is -0.481 e. The molecule has 0 radical (unpaired) electrons. The molecule has 1 aromatic carbocycles. The second-order valence-electron chi connectivity index (χ2n) is 5.15. The molecule has 3 nitrogen and oxygen atoms in total. The zero-order chi connectivity index (χ0) is 13.3. The number of hydrogen-bond donors (Lipinski definition) is 1. The Kier molecular flexibility index (Phi) is 3.50. The van der Waals surface area contributed by atoms with Crippen molar-refractivity contribution in [3.63, 3.8) is 0 Å². The van der Waals surface area contributed by atoms with Crippen LogP contribution in [-0.2, 0) is 4.79 Å². The van der Waals surface area contributed by atoms with Gasteiger partial charge in [0.25, 0.3) is 0 Å². The molecule has 1 N–H and O–H groups in total. The van der Waals surface area contributed by atoms with Gasteiger partial charge in [0.1, 0.15) is 0 Å². The van der Waals surface area contributed by atoms with Gasteiger partial charge in [0.2, 0.25) is 0 Å². The number of carboxylic acids is 1. The molecular weight excluding hydrogens is 228 g/mol. The predicted octanol–water partition coefficient (Wildman–Crippen LogP) is 2.99. The van der Waals surface area contributed by atoms with Crippen LogP contribution in [0.25, 0.3) is 0 Å². The third-order valence-corrected chi connectivity index (χ3v) is 3.96. The Balaban J connectivity index is 2.25. The molecule has 0 aliphatic heterocycles. The summed E-state index contributed by atoms with van der Waals surface area (Å²) in [4.78, 5) is 23.5. The van der Waals surface area contributed by atoms with E-state index in [1.807, 2.05) is 32.0 Å². The standard InChI is InChI=1S/C15H18O3/c1-9-6-7-11(8-10(9)2)14(16)12-4-3-5-13(12)15(17)18/h6-8,12-13H,3-5H2,1-2H3,(H,17,18)/t12-,13-/m1/s1. The SMILES string of the molecule is Cc1ccc(C(=O)[C@@H]2CCC[C@H]2C(=O)O)cc1C. The van der Waals surface area contributed by atoms with Crippen molar-refractivity contribution in [1.29, 1.82) is 0 Å². The van der Waals surface area contributed by atoms with Crippen LogP contribution in [0.4, 0.5) is 0 Å². The minimum absolute atomic E-state index is 0.0111. The summed E-state index contributed by atoms with van der Waals surface area (Å²) in [6.45, 7) is 3.97. The third kappa shape index (κ3) is 2.30. The number of carboxylic acid groups (broad SMARTS) is 1. The second kappa shape index (κ2) is 4.92. The lowest BCUT2D eigenvalue weighted by Gasteiger charge is -2.15. The van der Waals surface area contributed by atoms with E-state index in [-0.39, 0.29) is 11.7 Å². The van der Waals surface area contributed by atoms with E-state index >= 15 is 0 Å². The number of rotatable bonds is 3. The Morgan fingerprint density at radius 3 is 2.39 bits per heavy atom. The molecule has 1 aromatic rings. The summed E-state index contributed by atoms with van der Waals surface area (Å²) in [6, 6.07) is 5.60. The first-order valence-electron chi connectivity index (χ1n) is 6.35. The number of Topliss-reactive ketones (excluding diaryl/α,β-unsaturated/α-hetero) is 1. The monoisotopic (exact) mass is 246 g/mol. The molecule has 0 bridgehead atoms. The van der Waals surface area contributed by atoms with Crippen molar-refractivity contribution in [2.24, 2.45) is 11.8 Å². The van der Waals surface area contributed by atoms with Crippen LogP contribution in [0.15, 0.2) is 18.2 Å². The van der Waals surface area contributed by atoms with E-state index in [4.69, 9.17) is 5.11 Å². The van der Waals surface area contributed by atoms with Crippen LogP contribution in [0.5, 0.6) is 0 Å². The predicted molar refractivity (Wildman–Crippen MR) is 68.7 cm³/mol. The van der Waals surface area contributed by atoms with E-state index in [1.165, 1.54) is 0 Å². The molecule has 3 heteroatoms. The van der Waals surface area contributed by atoms with Crippen molar-refractivity contribution in [2.45, 2.75) is 33.1 Å². The van der Waals surface area contributed by atoms with Crippen LogP contribution < -0.4 is 0 Å². The molecule has 1 aliphatic rings. The summed E-state index contributed by atoms with van der Waals surface area (Å²) in [5.41, 5.74) is 2.87.